The Hall–Kier alpha value is -3.43. The molecule has 0 bridgehead atoms. The maximum absolute atomic E-state index is 13.3. The third-order valence-electron chi connectivity index (χ3n) is 5.02. The van der Waals surface area contributed by atoms with E-state index in [0.717, 1.165) is 10.8 Å². The summed E-state index contributed by atoms with van der Waals surface area (Å²) in [5.41, 5.74) is 0.958. The molecule has 4 rings (SSSR count). The van der Waals surface area contributed by atoms with Gasteiger partial charge in [-0.25, -0.2) is 4.79 Å². The fourth-order valence-corrected chi connectivity index (χ4v) is 3.53. The van der Waals surface area contributed by atoms with Crippen LogP contribution >= 0.6 is 0 Å². The smallest absolute Gasteiger partial charge is 0.330 e. The van der Waals surface area contributed by atoms with E-state index in [1.165, 1.54) is 4.90 Å². The highest BCUT2D eigenvalue weighted by Gasteiger charge is 2.40. The number of pyridine rings is 1. The van der Waals surface area contributed by atoms with Gasteiger partial charge in [-0.3, -0.25) is 14.8 Å². The zero-order chi connectivity index (χ0) is 19.9. The van der Waals surface area contributed by atoms with Crippen LogP contribution in [0.2, 0.25) is 0 Å². The van der Waals surface area contributed by atoms with Gasteiger partial charge in [0.05, 0.1) is 30.1 Å². The number of nitrogens with zero attached hydrogens (tertiary/aromatic N) is 4. The van der Waals surface area contributed by atoms with Crippen LogP contribution in [0.4, 0.5) is 16.2 Å². The van der Waals surface area contributed by atoms with Crippen molar-refractivity contribution in [3.63, 3.8) is 0 Å². The maximum atomic E-state index is 13.3. The fourth-order valence-electron chi connectivity index (χ4n) is 3.53. The molecule has 2 heterocycles. The number of urea groups is 1. The number of amides is 2. The van der Waals surface area contributed by atoms with Crippen LogP contribution in [0.1, 0.15) is 19.4 Å². The van der Waals surface area contributed by atoms with Crippen LogP contribution in [0.3, 0.4) is 0 Å². The number of carbonyl (C=O) groups excluding carboxylic acids is 1. The number of nitriles is 1. The summed E-state index contributed by atoms with van der Waals surface area (Å²) < 4.78 is 0. The van der Waals surface area contributed by atoms with Crippen LogP contribution in [0.15, 0.2) is 60.9 Å². The van der Waals surface area contributed by atoms with E-state index in [1.54, 1.807) is 43.3 Å². The lowest BCUT2D eigenvalue weighted by molar-refractivity contribution is 0.0786. The molecule has 0 saturated carbocycles. The van der Waals surface area contributed by atoms with E-state index in [9.17, 15) is 15.2 Å². The molecule has 1 aliphatic heterocycles. The Kier molecular flexibility index (Phi) is 4.25. The zero-order valence-corrected chi connectivity index (χ0v) is 15.7. The Bertz CT molecular complexity index is 1090. The second-order valence-electron chi connectivity index (χ2n) is 7.40. The van der Waals surface area contributed by atoms with Gasteiger partial charge in [-0.2, -0.15) is 5.26 Å². The standard InChI is InChI=1S/C22H20N4O2/c1-22(2,28)16-7-5-8-17(10-16)25-14-18(11-23)26(21(25)27)20-13-24-12-15-6-3-4-9-19(15)20/h3-10,12-13,18,28H,14H2,1-2H3. The Morgan fingerprint density at radius 2 is 1.96 bits per heavy atom. The van der Waals surface area contributed by atoms with Crippen molar-refractivity contribution < 1.29 is 9.90 Å². The molecule has 1 N–H and O–H groups in total. The topological polar surface area (TPSA) is 80.5 Å². The molecule has 140 valence electrons. The van der Waals surface area contributed by atoms with Crippen molar-refractivity contribution in [2.75, 3.05) is 16.3 Å². The van der Waals surface area contributed by atoms with Gasteiger partial charge in [-0.1, -0.05) is 36.4 Å². The molecule has 2 amide bonds. The Morgan fingerprint density at radius 1 is 1.18 bits per heavy atom. The average molecular weight is 372 g/mol. The van der Waals surface area contributed by atoms with E-state index in [4.69, 9.17) is 0 Å². The maximum Gasteiger partial charge on any atom is 0.330 e. The number of rotatable bonds is 3. The molecular formula is C22H20N4O2. The quantitative estimate of drug-likeness (QED) is 0.758. The summed E-state index contributed by atoms with van der Waals surface area (Å²) in [5, 5.41) is 21.8. The number of anilines is 2. The molecule has 1 fully saturated rings. The van der Waals surface area contributed by atoms with Crippen molar-refractivity contribution in [1.82, 2.24) is 4.98 Å². The molecule has 1 unspecified atom stereocenters. The van der Waals surface area contributed by atoms with Crippen molar-refractivity contribution in [2.45, 2.75) is 25.5 Å². The lowest BCUT2D eigenvalue weighted by Gasteiger charge is -2.23. The van der Waals surface area contributed by atoms with Gasteiger partial charge in [0.15, 0.2) is 0 Å². The average Bonchev–Trinajstić information content (AvgIpc) is 3.03. The molecule has 6 heteroatoms. The highest BCUT2D eigenvalue weighted by molar-refractivity contribution is 6.11. The van der Waals surface area contributed by atoms with Gasteiger partial charge in [-0.15, -0.1) is 0 Å². The molecule has 3 aromatic rings. The fraction of sp³-hybridized carbons (Fsp3) is 0.227. The number of benzene rings is 2. The first-order valence-electron chi connectivity index (χ1n) is 9.06. The van der Waals surface area contributed by atoms with Gasteiger partial charge < -0.3 is 5.11 Å². The van der Waals surface area contributed by atoms with Crippen LogP contribution in [-0.2, 0) is 5.60 Å². The minimum absolute atomic E-state index is 0.244. The SMILES string of the molecule is CC(C)(O)c1cccc(N2CC(C#N)N(c3cncc4ccccc34)C2=O)c1. The molecular weight excluding hydrogens is 352 g/mol. The second-order valence-corrected chi connectivity index (χ2v) is 7.40. The van der Waals surface area contributed by atoms with Crippen LogP contribution < -0.4 is 9.80 Å². The van der Waals surface area contributed by atoms with Crippen LogP contribution in [0, 0.1) is 11.3 Å². The highest BCUT2D eigenvalue weighted by Crippen LogP contribution is 2.34. The number of hydrogen-bond donors (Lipinski definition) is 1. The van der Waals surface area contributed by atoms with E-state index in [1.807, 2.05) is 36.4 Å². The minimum atomic E-state index is -1.02. The Labute approximate surface area is 163 Å². The Morgan fingerprint density at radius 3 is 2.71 bits per heavy atom. The lowest BCUT2D eigenvalue weighted by Crippen LogP contribution is -2.34. The third-order valence-corrected chi connectivity index (χ3v) is 5.02. The van der Waals surface area contributed by atoms with Gasteiger partial charge in [0.25, 0.3) is 0 Å². The highest BCUT2D eigenvalue weighted by atomic mass is 16.3. The summed E-state index contributed by atoms with van der Waals surface area (Å²) >= 11 is 0. The largest absolute Gasteiger partial charge is 0.386 e. The van der Waals surface area contributed by atoms with Crippen LogP contribution in [-0.4, -0.2) is 28.7 Å². The molecule has 1 saturated heterocycles. The molecule has 1 aliphatic rings. The summed E-state index contributed by atoms with van der Waals surface area (Å²) in [6.07, 6.45) is 3.37. The molecule has 0 spiro atoms. The lowest BCUT2D eigenvalue weighted by atomic mass is 9.98. The second kappa shape index (κ2) is 6.63. The zero-order valence-electron chi connectivity index (χ0n) is 15.7. The van der Waals surface area contributed by atoms with E-state index in [2.05, 4.69) is 11.1 Å². The summed E-state index contributed by atoms with van der Waals surface area (Å²) in [4.78, 5) is 20.6. The first-order chi connectivity index (χ1) is 13.4. The van der Waals surface area contributed by atoms with Crippen molar-refractivity contribution in [3.8, 4) is 6.07 Å². The summed E-state index contributed by atoms with van der Waals surface area (Å²) in [6, 6.07) is 16.2. The minimum Gasteiger partial charge on any atom is -0.386 e. The first-order valence-corrected chi connectivity index (χ1v) is 9.06. The van der Waals surface area contributed by atoms with Crippen LogP contribution in [0.5, 0.6) is 0 Å². The van der Waals surface area contributed by atoms with Crippen molar-refractivity contribution in [1.29, 1.82) is 5.26 Å². The number of fused-ring (bicyclic) bond motifs is 1. The molecule has 2 aromatic carbocycles. The predicted octanol–water partition coefficient (Wildman–Crippen LogP) is 3.80. The van der Waals surface area contributed by atoms with Crippen molar-refractivity contribution in [2.24, 2.45) is 0 Å². The molecule has 0 radical (unpaired) electrons. The number of carbonyl (C=O) groups is 1. The van der Waals surface area contributed by atoms with Gasteiger partial charge in [0.1, 0.15) is 6.04 Å². The van der Waals surface area contributed by atoms with Gasteiger partial charge >= 0.3 is 6.03 Å². The summed E-state index contributed by atoms with van der Waals surface area (Å²) in [7, 11) is 0. The van der Waals surface area contributed by atoms with Crippen molar-refractivity contribution in [3.05, 3.63) is 66.5 Å². The number of aliphatic hydroxyl groups is 1. The molecule has 6 nitrogen and oxygen atoms in total. The molecule has 0 aliphatic carbocycles. The van der Waals surface area contributed by atoms with E-state index in [0.29, 0.717) is 16.9 Å². The predicted molar refractivity (Wildman–Crippen MR) is 108 cm³/mol. The van der Waals surface area contributed by atoms with E-state index in [-0.39, 0.29) is 12.6 Å². The van der Waals surface area contributed by atoms with E-state index >= 15 is 0 Å². The van der Waals surface area contributed by atoms with Crippen molar-refractivity contribution >= 4 is 28.2 Å². The summed E-state index contributed by atoms with van der Waals surface area (Å²) in [5.74, 6) is 0. The van der Waals surface area contributed by atoms with Gasteiger partial charge in [-0.05, 0) is 31.5 Å². The molecule has 28 heavy (non-hydrogen) atoms. The van der Waals surface area contributed by atoms with E-state index < -0.39 is 11.6 Å². The van der Waals surface area contributed by atoms with Gasteiger partial charge in [0.2, 0.25) is 0 Å². The monoisotopic (exact) mass is 372 g/mol. The number of aromatic nitrogens is 1. The van der Waals surface area contributed by atoms with Crippen LogP contribution in [0.25, 0.3) is 10.8 Å². The van der Waals surface area contributed by atoms with Gasteiger partial charge in [0, 0.05) is 22.7 Å². The Balaban J connectivity index is 1.78. The third kappa shape index (κ3) is 2.96. The molecule has 1 aromatic heterocycles. The summed E-state index contributed by atoms with van der Waals surface area (Å²) in [6.45, 7) is 3.64. The first kappa shape index (κ1) is 18.0. The number of hydrogen-bond acceptors (Lipinski definition) is 4. The normalized spacial score (nSPS) is 17.2. The molecule has 1 atom stereocenters.